The number of thiophene rings is 1. The fraction of sp³-hybridized carbons (Fsp3) is 0.188. The number of nitrogens with zero attached hydrogens (tertiary/aromatic N) is 3. The number of rotatable bonds is 7. The Kier molecular flexibility index (Phi) is 5.07. The minimum absolute atomic E-state index is 0.0833. The van der Waals surface area contributed by atoms with Crippen LogP contribution in [0.1, 0.15) is 11.5 Å². The predicted molar refractivity (Wildman–Crippen MR) is 89.5 cm³/mol. The van der Waals surface area contributed by atoms with Crippen molar-refractivity contribution in [1.82, 2.24) is 10.1 Å². The van der Waals surface area contributed by atoms with E-state index < -0.39 is 0 Å². The van der Waals surface area contributed by atoms with Gasteiger partial charge in [0.1, 0.15) is 0 Å². The Morgan fingerprint density at radius 2 is 2.17 bits per heavy atom. The Labute approximate surface area is 142 Å². The molecule has 124 valence electrons. The average Bonchev–Trinajstić information content (AvgIpc) is 3.29. The molecular formula is C16H15N3O4S. The van der Waals surface area contributed by atoms with Gasteiger partial charge in [-0.15, -0.1) is 0 Å². The van der Waals surface area contributed by atoms with Crippen molar-refractivity contribution in [3.05, 3.63) is 46.5 Å². The fourth-order valence-corrected chi connectivity index (χ4v) is 2.66. The highest BCUT2D eigenvalue weighted by Crippen LogP contribution is 2.29. The Morgan fingerprint density at radius 3 is 2.92 bits per heavy atom. The van der Waals surface area contributed by atoms with Crippen LogP contribution in [0.25, 0.3) is 11.4 Å². The minimum atomic E-state index is 0.0833. The molecule has 0 aliphatic heterocycles. The molecule has 8 heteroatoms. The SMILES string of the molecule is COc1cccc(/C=N\OCc2nc(-c3ccsc3)no2)c1OC. The van der Waals surface area contributed by atoms with E-state index in [-0.39, 0.29) is 6.61 Å². The van der Waals surface area contributed by atoms with Crippen LogP contribution in [0.15, 0.2) is 44.7 Å². The van der Waals surface area contributed by atoms with E-state index in [0.29, 0.717) is 23.2 Å². The van der Waals surface area contributed by atoms with Gasteiger partial charge in [0.25, 0.3) is 5.89 Å². The van der Waals surface area contributed by atoms with Gasteiger partial charge in [-0.3, -0.25) is 0 Å². The highest BCUT2D eigenvalue weighted by Gasteiger charge is 2.10. The van der Waals surface area contributed by atoms with Crippen molar-refractivity contribution in [2.24, 2.45) is 5.16 Å². The highest BCUT2D eigenvalue weighted by atomic mass is 32.1. The number of oxime groups is 1. The van der Waals surface area contributed by atoms with Crippen molar-refractivity contribution < 1.29 is 18.8 Å². The van der Waals surface area contributed by atoms with E-state index >= 15 is 0 Å². The second-order valence-electron chi connectivity index (χ2n) is 4.61. The molecule has 0 saturated carbocycles. The molecule has 1 aromatic carbocycles. The van der Waals surface area contributed by atoms with Crippen LogP contribution in [0.5, 0.6) is 11.5 Å². The molecule has 0 radical (unpaired) electrons. The zero-order chi connectivity index (χ0) is 16.8. The van der Waals surface area contributed by atoms with E-state index in [1.165, 1.54) is 6.21 Å². The van der Waals surface area contributed by atoms with Gasteiger partial charge >= 0.3 is 0 Å². The molecule has 0 saturated heterocycles. The van der Waals surface area contributed by atoms with E-state index in [1.54, 1.807) is 31.6 Å². The zero-order valence-electron chi connectivity index (χ0n) is 13.1. The van der Waals surface area contributed by atoms with Crippen LogP contribution in [-0.4, -0.2) is 30.6 Å². The number of methoxy groups -OCH3 is 2. The molecule has 0 aliphatic rings. The smallest absolute Gasteiger partial charge is 0.267 e. The summed E-state index contributed by atoms with van der Waals surface area (Å²) in [5.74, 6) is 2.10. The van der Waals surface area contributed by atoms with Crippen molar-refractivity contribution in [3.63, 3.8) is 0 Å². The Morgan fingerprint density at radius 1 is 1.25 bits per heavy atom. The van der Waals surface area contributed by atoms with Gasteiger partial charge in [0, 0.05) is 16.5 Å². The number of aromatic nitrogens is 2. The average molecular weight is 345 g/mol. The second-order valence-corrected chi connectivity index (χ2v) is 5.39. The zero-order valence-corrected chi connectivity index (χ0v) is 13.9. The van der Waals surface area contributed by atoms with E-state index in [2.05, 4.69) is 15.3 Å². The van der Waals surface area contributed by atoms with Crippen molar-refractivity contribution >= 4 is 17.6 Å². The van der Waals surface area contributed by atoms with Crippen LogP contribution in [0.3, 0.4) is 0 Å². The summed E-state index contributed by atoms with van der Waals surface area (Å²) in [4.78, 5) is 9.45. The van der Waals surface area contributed by atoms with Crippen LogP contribution in [0.4, 0.5) is 0 Å². The molecule has 0 spiro atoms. The van der Waals surface area contributed by atoms with Gasteiger partial charge in [-0.25, -0.2) is 0 Å². The van der Waals surface area contributed by atoms with Crippen LogP contribution in [-0.2, 0) is 11.4 Å². The third-order valence-corrected chi connectivity index (χ3v) is 3.82. The maximum atomic E-state index is 5.32. The number of benzene rings is 1. The molecule has 0 N–H and O–H groups in total. The summed E-state index contributed by atoms with van der Waals surface area (Å²) in [5, 5.41) is 11.7. The van der Waals surface area contributed by atoms with Gasteiger partial charge in [0.15, 0.2) is 18.1 Å². The Balaban J connectivity index is 1.62. The Bertz CT molecular complexity index is 815. The minimum Gasteiger partial charge on any atom is -0.493 e. The lowest BCUT2D eigenvalue weighted by atomic mass is 10.2. The van der Waals surface area contributed by atoms with E-state index in [9.17, 15) is 0 Å². The molecule has 0 atom stereocenters. The number of hydrogen-bond donors (Lipinski definition) is 0. The predicted octanol–water partition coefficient (Wildman–Crippen LogP) is 3.37. The lowest BCUT2D eigenvalue weighted by molar-refractivity contribution is 0.107. The Hall–Kier alpha value is -2.87. The van der Waals surface area contributed by atoms with Crippen molar-refractivity contribution in [3.8, 4) is 22.9 Å². The van der Waals surface area contributed by atoms with Gasteiger partial charge in [-0.1, -0.05) is 16.4 Å². The standard InChI is InChI=1S/C16H15N3O4S/c1-20-13-5-3-4-11(15(13)21-2)8-17-22-9-14-18-16(19-23-14)12-6-7-24-10-12/h3-8,10H,9H2,1-2H3/b17-8-. The van der Waals surface area contributed by atoms with E-state index in [1.807, 2.05) is 29.0 Å². The number of hydrogen-bond acceptors (Lipinski definition) is 8. The molecule has 0 fully saturated rings. The summed E-state index contributed by atoms with van der Waals surface area (Å²) in [7, 11) is 3.15. The topological polar surface area (TPSA) is 79.0 Å². The number of ether oxygens (including phenoxy) is 2. The lowest BCUT2D eigenvalue weighted by Crippen LogP contribution is -1.95. The van der Waals surface area contributed by atoms with Gasteiger partial charge in [0.2, 0.25) is 5.82 Å². The summed E-state index contributed by atoms with van der Waals surface area (Å²) >= 11 is 1.57. The fourth-order valence-electron chi connectivity index (χ4n) is 2.02. The van der Waals surface area contributed by atoms with Gasteiger partial charge in [-0.2, -0.15) is 16.3 Å². The first-order valence-corrected chi connectivity index (χ1v) is 7.97. The first-order chi connectivity index (χ1) is 11.8. The monoisotopic (exact) mass is 345 g/mol. The maximum absolute atomic E-state index is 5.32. The molecule has 0 amide bonds. The van der Waals surface area contributed by atoms with Crippen molar-refractivity contribution in [2.75, 3.05) is 14.2 Å². The molecule has 24 heavy (non-hydrogen) atoms. The molecule has 3 rings (SSSR count). The third-order valence-electron chi connectivity index (χ3n) is 3.14. The summed E-state index contributed by atoms with van der Waals surface area (Å²) < 4.78 is 15.7. The normalized spacial score (nSPS) is 10.9. The molecule has 2 aromatic heterocycles. The first kappa shape index (κ1) is 16.0. The van der Waals surface area contributed by atoms with Gasteiger partial charge < -0.3 is 18.8 Å². The molecule has 7 nitrogen and oxygen atoms in total. The molecule has 2 heterocycles. The molecule has 0 bridgehead atoms. The lowest BCUT2D eigenvalue weighted by Gasteiger charge is -2.09. The molecule has 0 unspecified atom stereocenters. The largest absolute Gasteiger partial charge is 0.493 e. The van der Waals surface area contributed by atoms with Crippen LogP contribution < -0.4 is 9.47 Å². The van der Waals surface area contributed by atoms with E-state index in [4.69, 9.17) is 18.8 Å². The summed E-state index contributed by atoms with van der Waals surface area (Å²) in [6.07, 6.45) is 1.54. The maximum Gasteiger partial charge on any atom is 0.267 e. The quantitative estimate of drug-likeness (QED) is 0.482. The van der Waals surface area contributed by atoms with E-state index in [0.717, 1.165) is 11.1 Å². The second kappa shape index (κ2) is 7.60. The summed E-state index contributed by atoms with van der Waals surface area (Å²) in [5.41, 5.74) is 1.65. The van der Waals surface area contributed by atoms with Gasteiger partial charge in [-0.05, 0) is 23.6 Å². The molecular weight excluding hydrogens is 330 g/mol. The summed E-state index contributed by atoms with van der Waals surface area (Å²) in [6, 6.07) is 7.41. The third kappa shape index (κ3) is 3.54. The van der Waals surface area contributed by atoms with Gasteiger partial charge in [0.05, 0.1) is 20.4 Å². The van der Waals surface area contributed by atoms with Crippen molar-refractivity contribution in [2.45, 2.75) is 6.61 Å². The van der Waals surface area contributed by atoms with Crippen LogP contribution >= 0.6 is 11.3 Å². The first-order valence-electron chi connectivity index (χ1n) is 7.03. The molecule has 3 aromatic rings. The molecule has 0 aliphatic carbocycles. The highest BCUT2D eigenvalue weighted by molar-refractivity contribution is 7.08. The van der Waals surface area contributed by atoms with Crippen LogP contribution in [0, 0.1) is 0 Å². The van der Waals surface area contributed by atoms with Crippen molar-refractivity contribution in [1.29, 1.82) is 0 Å². The number of para-hydroxylation sites is 1. The summed E-state index contributed by atoms with van der Waals surface area (Å²) in [6.45, 7) is 0.0833. The van der Waals surface area contributed by atoms with Crippen LogP contribution in [0.2, 0.25) is 0 Å².